The van der Waals surface area contributed by atoms with E-state index < -0.39 is 0 Å². The number of anilines is 3. The SMILES string of the molecule is c1cc(-c2cccc3oc4c5ccccc5ccc4c23)cc(N(c2ccc(-c3ccc4ccccc4c3)cc2)c2cccc(-n3c4ccccc4c4ccccc43)c2)c1. The highest BCUT2D eigenvalue weighted by Gasteiger charge is 2.19. The third kappa shape index (κ3) is 5.44. The van der Waals surface area contributed by atoms with Crippen LogP contribution in [-0.2, 0) is 0 Å². The highest BCUT2D eigenvalue weighted by atomic mass is 16.3. The number of fused-ring (bicyclic) bond motifs is 9. The molecule has 0 aliphatic carbocycles. The largest absolute Gasteiger partial charge is 0.455 e. The van der Waals surface area contributed by atoms with E-state index in [1.54, 1.807) is 0 Å². The van der Waals surface area contributed by atoms with Crippen molar-refractivity contribution in [1.82, 2.24) is 4.57 Å². The molecule has 0 amide bonds. The zero-order valence-corrected chi connectivity index (χ0v) is 32.1. The van der Waals surface area contributed by atoms with Gasteiger partial charge in [-0.1, -0.05) is 146 Å². The van der Waals surface area contributed by atoms with Crippen molar-refractivity contribution in [2.45, 2.75) is 0 Å². The van der Waals surface area contributed by atoms with E-state index in [2.05, 4.69) is 228 Å². The molecule has 0 N–H and O–H groups in total. The normalized spacial score (nSPS) is 11.7. The number of para-hydroxylation sites is 2. The lowest BCUT2D eigenvalue weighted by Crippen LogP contribution is -2.10. The zero-order valence-electron chi connectivity index (χ0n) is 32.1. The maximum atomic E-state index is 6.61. The first-order valence-corrected chi connectivity index (χ1v) is 20.2. The fraction of sp³-hybridized carbons (Fsp3) is 0. The van der Waals surface area contributed by atoms with Crippen molar-refractivity contribution in [3.8, 4) is 27.9 Å². The lowest BCUT2D eigenvalue weighted by Gasteiger charge is -2.27. The molecule has 0 atom stereocenters. The van der Waals surface area contributed by atoms with Crippen LogP contribution in [0.15, 0.2) is 223 Å². The Morgan fingerprint density at radius 1 is 0.356 bits per heavy atom. The van der Waals surface area contributed by atoms with Crippen molar-refractivity contribution in [2.24, 2.45) is 0 Å². The Labute approximate surface area is 341 Å². The molecule has 59 heavy (non-hydrogen) atoms. The van der Waals surface area contributed by atoms with Crippen LogP contribution in [0.3, 0.4) is 0 Å². The van der Waals surface area contributed by atoms with Crippen molar-refractivity contribution >= 4 is 82.4 Å². The maximum Gasteiger partial charge on any atom is 0.143 e. The van der Waals surface area contributed by atoms with E-state index in [0.717, 1.165) is 61.2 Å². The van der Waals surface area contributed by atoms with Gasteiger partial charge in [0, 0.05) is 49.7 Å². The summed E-state index contributed by atoms with van der Waals surface area (Å²) in [6.07, 6.45) is 0. The van der Waals surface area contributed by atoms with Gasteiger partial charge in [0.25, 0.3) is 0 Å². The summed E-state index contributed by atoms with van der Waals surface area (Å²) in [6.45, 7) is 0. The average molecular weight is 753 g/mol. The summed E-state index contributed by atoms with van der Waals surface area (Å²) in [6, 6.07) is 78.8. The van der Waals surface area contributed by atoms with E-state index in [-0.39, 0.29) is 0 Å². The number of benzene rings is 10. The van der Waals surface area contributed by atoms with Gasteiger partial charge in [0.2, 0.25) is 0 Å². The van der Waals surface area contributed by atoms with Crippen LogP contribution in [0.5, 0.6) is 0 Å². The number of nitrogens with zero attached hydrogens (tertiary/aromatic N) is 2. The Kier molecular flexibility index (Phi) is 7.54. The summed E-state index contributed by atoms with van der Waals surface area (Å²) in [5.41, 5.74) is 13.2. The highest BCUT2D eigenvalue weighted by molar-refractivity contribution is 6.19. The quantitative estimate of drug-likeness (QED) is 0.169. The van der Waals surface area contributed by atoms with Gasteiger partial charge in [0.05, 0.1) is 11.0 Å². The van der Waals surface area contributed by atoms with Gasteiger partial charge in [-0.15, -0.1) is 0 Å². The molecule has 0 bridgehead atoms. The highest BCUT2D eigenvalue weighted by Crippen LogP contribution is 2.43. The van der Waals surface area contributed by atoms with Gasteiger partial charge in [0.15, 0.2) is 0 Å². The fourth-order valence-electron chi connectivity index (χ4n) is 9.20. The van der Waals surface area contributed by atoms with Crippen LogP contribution >= 0.6 is 0 Å². The van der Waals surface area contributed by atoms with E-state index in [0.29, 0.717) is 0 Å². The number of aromatic nitrogens is 1. The Morgan fingerprint density at radius 3 is 1.78 bits per heavy atom. The van der Waals surface area contributed by atoms with Gasteiger partial charge in [-0.25, -0.2) is 0 Å². The lowest BCUT2D eigenvalue weighted by molar-refractivity contribution is 0.673. The summed E-state index contributed by atoms with van der Waals surface area (Å²) in [5, 5.41) is 9.53. The van der Waals surface area contributed by atoms with E-state index in [4.69, 9.17) is 4.42 Å². The van der Waals surface area contributed by atoms with Crippen LogP contribution in [-0.4, -0.2) is 4.57 Å². The Morgan fingerprint density at radius 2 is 0.983 bits per heavy atom. The molecule has 12 rings (SSSR count). The maximum absolute atomic E-state index is 6.61. The van der Waals surface area contributed by atoms with Crippen molar-refractivity contribution in [3.63, 3.8) is 0 Å². The van der Waals surface area contributed by atoms with Crippen LogP contribution in [0.4, 0.5) is 17.1 Å². The van der Waals surface area contributed by atoms with E-state index in [9.17, 15) is 0 Å². The van der Waals surface area contributed by atoms with Crippen LogP contribution in [0.2, 0.25) is 0 Å². The van der Waals surface area contributed by atoms with Gasteiger partial charge >= 0.3 is 0 Å². The zero-order chi connectivity index (χ0) is 38.9. The van der Waals surface area contributed by atoms with Crippen LogP contribution in [0.1, 0.15) is 0 Å². The van der Waals surface area contributed by atoms with Gasteiger partial charge in [-0.2, -0.15) is 0 Å². The standard InChI is InChI=1S/C56H36N2O/c1-2-14-40-34-41(27-26-37(40)12-1)38-28-31-43(32-29-38)57(45-17-10-18-46(36-45)58-52-23-7-5-20-49(52)50-21-6-8-24-53(50)58)44-16-9-15-42(35-44)47-22-11-25-54-55(47)51-33-30-39-13-3-4-19-48(39)56(51)59-54/h1-36H. The average Bonchev–Trinajstić information content (AvgIpc) is 3.86. The summed E-state index contributed by atoms with van der Waals surface area (Å²) >= 11 is 0. The van der Waals surface area contributed by atoms with Gasteiger partial charge in [-0.05, 0) is 111 Å². The predicted molar refractivity (Wildman–Crippen MR) is 249 cm³/mol. The summed E-state index contributed by atoms with van der Waals surface area (Å²) in [4.78, 5) is 2.38. The molecule has 276 valence electrons. The van der Waals surface area contributed by atoms with Crippen molar-refractivity contribution < 1.29 is 4.42 Å². The molecule has 0 aliphatic heterocycles. The van der Waals surface area contributed by atoms with E-state index in [1.165, 1.54) is 49.1 Å². The minimum absolute atomic E-state index is 0.888. The van der Waals surface area contributed by atoms with E-state index >= 15 is 0 Å². The molecule has 12 aromatic rings. The van der Waals surface area contributed by atoms with Gasteiger partial charge < -0.3 is 13.9 Å². The second-order valence-corrected chi connectivity index (χ2v) is 15.3. The molecule has 0 saturated carbocycles. The van der Waals surface area contributed by atoms with Crippen molar-refractivity contribution in [2.75, 3.05) is 4.90 Å². The van der Waals surface area contributed by atoms with Crippen molar-refractivity contribution in [1.29, 1.82) is 0 Å². The fourth-order valence-corrected chi connectivity index (χ4v) is 9.20. The first-order valence-electron chi connectivity index (χ1n) is 20.2. The summed E-state index contributed by atoms with van der Waals surface area (Å²) in [5.74, 6) is 0. The Balaban J connectivity index is 1.03. The number of hydrogen-bond donors (Lipinski definition) is 0. The molecule has 2 aromatic heterocycles. The van der Waals surface area contributed by atoms with Crippen LogP contribution < -0.4 is 4.90 Å². The second-order valence-electron chi connectivity index (χ2n) is 15.3. The Hall–Kier alpha value is -7.88. The van der Waals surface area contributed by atoms with Gasteiger partial charge in [0.1, 0.15) is 11.2 Å². The van der Waals surface area contributed by atoms with Crippen LogP contribution in [0.25, 0.3) is 93.2 Å². The minimum atomic E-state index is 0.888. The smallest absolute Gasteiger partial charge is 0.143 e. The summed E-state index contributed by atoms with van der Waals surface area (Å²) < 4.78 is 9.00. The third-order valence-electron chi connectivity index (χ3n) is 11.9. The molecule has 0 saturated heterocycles. The summed E-state index contributed by atoms with van der Waals surface area (Å²) in [7, 11) is 0. The molecule has 2 heterocycles. The molecule has 10 aromatic carbocycles. The molecule has 0 unspecified atom stereocenters. The predicted octanol–water partition coefficient (Wildman–Crippen LogP) is 15.8. The van der Waals surface area contributed by atoms with E-state index in [1.807, 2.05) is 0 Å². The lowest BCUT2D eigenvalue weighted by atomic mass is 9.97. The Bertz CT molecular complexity index is 3520. The monoisotopic (exact) mass is 752 g/mol. The first kappa shape index (κ1) is 33.3. The molecule has 0 fully saturated rings. The molecular formula is C56H36N2O. The molecule has 0 aliphatic rings. The molecule has 0 radical (unpaired) electrons. The topological polar surface area (TPSA) is 21.3 Å². The molecule has 3 nitrogen and oxygen atoms in total. The first-order chi connectivity index (χ1) is 29.2. The van der Waals surface area contributed by atoms with Gasteiger partial charge in [-0.3, -0.25) is 0 Å². The minimum Gasteiger partial charge on any atom is -0.455 e. The molecule has 0 spiro atoms. The van der Waals surface area contributed by atoms with Crippen LogP contribution in [0, 0.1) is 0 Å². The number of rotatable bonds is 6. The molecule has 3 heteroatoms. The van der Waals surface area contributed by atoms with Crippen molar-refractivity contribution in [3.05, 3.63) is 218 Å². The number of hydrogen-bond acceptors (Lipinski definition) is 2. The third-order valence-corrected chi connectivity index (χ3v) is 11.9. The number of furan rings is 1. The molecular weight excluding hydrogens is 717 g/mol. The second kappa shape index (κ2) is 13.4.